The molecule has 0 fully saturated rings. The molecular weight excluding hydrogens is 466 g/mol. The molecule has 5 nitrogen and oxygen atoms in total. The largest absolute Gasteiger partial charge is 0.255 e. The quantitative estimate of drug-likeness (QED) is 0.248. The third-order valence-corrected chi connectivity index (χ3v) is 6.30. The van der Waals surface area contributed by atoms with Crippen LogP contribution in [0.15, 0.2) is 115 Å². The van der Waals surface area contributed by atoms with Crippen LogP contribution in [-0.4, -0.2) is 24.9 Å². The van der Waals surface area contributed by atoms with E-state index in [1.54, 1.807) is 6.20 Å². The number of nitrogens with zero attached hydrogens (tertiary/aromatic N) is 5. The van der Waals surface area contributed by atoms with E-state index in [0.717, 1.165) is 50.5 Å². The first kappa shape index (κ1) is 23.4. The summed E-state index contributed by atoms with van der Waals surface area (Å²) in [7, 11) is 0. The number of benzene rings is 3. The van der Waals surface area contributed by atoms with Gasteiger partial charge in [0.25, 0.3) is 0 Å². The van der Waals surface area contributed by atoms with Gasteiger partial charge in [-0.25, -0.2) is 19.9 Å². The summed E-state index contributed by atoms with van der Waals surface area (Å²) in [6.45, 7) is 4.14. The van der Waals surface area contributed by atoms with Gasteiger partial charge in [0.1, 0.15) is 0 Å². The standard InChI is InChI=1S/C33H25N5/c1-22-8-5-10-26(20-22)32-36-31(37-33(38-32)27-11-6-9-23(2)21-27)25-17-15-24(16-18-25)28-13-7-14-30(35-28)29-12-3-4-19-34-29/h3-21H,1-2H3. The van der Waals surface area contributed by atoms with Crippen LogP contribution in [-0.2, 0) is 0 Å². The second-order valence-electron chi connectivity index (χ2n) is 9.25. The second kappa shape index (κ2) is 10.1. The van der Waals surface area contributed by atoms with Gasteiger partial charge in [0.2, 0.25) is 0 Å². The van der Waals surface area contributed by atoms with Gasteiger partial charge < -0.3 is 0 Å². The Morgan fingerprint density at radius 3 is 1.50 bits per heavy atom. The summed E-state index contributed by atoms with van der Waals surface area (Å²) in [5.74, 6) is 1.95. The van der Waals surface area contributed by atoms with Crippen molar-refractivity contribution in [2.45, 2.75) is 13.8 Å². The molecule has 0 aliphatic carbocycles. The van der Waals surface area contributed by atoms with Gasteiger partial charge >= 0.3 is 0 Å². The van der Waals surface area contributed by atoms with Gasteiger partial charge in [0.15, 0.2) is 17.5 Å². The van der Waals surface area contributed by atoms with E-state index in [1.165, 1.54) is 0 Å². The van der Waals surface area contributed by atoms with Crippen LogP contribution >= 0.6 is 0 Å². The van der Waals surface area contributed by atoms with E-state index in [1.807, 2.05) is 72.8 Å². The van der Waals surface area contributed by atoms with Crippen LogP contribution in [0, 0.1) is 13.8 Å². The van der Waals surface area contributed by atoms with Crippen LogP contribution in [0.1, 0.15) is 11.1 Å². The lowest BCUT2D eigenvalue weighted by molar-refractivity contribution is 1.07. The average Bonchev–Trinajstić information content (AvgIpc) is 2.97. The summed E-state index contributed by atoms with van der Waals surface area (Å²) in [4.78, 5) is 23.9. The number of rotatable bonds is 5. The average molecular weight is 492 g/mol. The Hall–Kier alpha value is -5.03. The van der Waals surface area contributed by atoms with Gasteiger partial charge in [-0.05, 0) is 50.2 Å². The highest BCUT2D eigenvalue weighted by Gasteiger charge is 2.13. The molecule has 0 radical (unpaired) electrons. The molecular formula is C33H25N5. The van der Waals surface area contributed by atoms with E-state index in [9.17, 15) is 0 Å². The molecule has 182 valence electrons. The topological polar surface area (TPSA) is 64.5 Å². The minimum Gasteiger partial charge on any atom is -0.255 e. The highest BCUT2D eigenvalue weighted by atomic mass is 15.0. The molecule has 3 heterocycles. The normalized spacial score (nSPS) is 10.9. The maximum absolute atomic E-state index is 4.87. The number of hydrogen-bond donors (Lipinski definition) is 0. The molecule has 0 aliphatic heterocycles. The highest BCUT2D eigenvalue weighted by Crippen LogP contribution is 2.28. The van der Waals surface area contributed by atoms with Crippen LogP contribution in [0.2, 0.25) is 0 Å². The van der Waals surface area contributed by atoms with Crippen molar-refractivity contribution in [3.63, 3.8) is 0 Å². The van der Waals surface area contributed by atoms with Crippen molar-refractivity contribution in [1.82, 2.24) is 24.9 Å². The van der Waals surface area contributed by atoms with Crippen molar-refractivity contribution < 1.29 is 0 Å². The van der Waals surface area contributed by atoms with Gasteiger partial charge in [-0.15, -0.1) is 0 Å². The number of aromatic nitrogens is 5. The molecule has 0 atom stereocenters. The molecule has 0 amide bonds. The van der Waals surface area contributed by atoms with Gasteiger partial charge in [0, 0.05) is 28.5 Å². The minimum atomic E-state index is 0.634. The molecule has 3 aromatic carbocycles. The van der Waals surface area contributed by atoms with Gasteiger partial charge in [-0.3, -0.25) is 4.98 Å². The summed E-state index contributed by atoms with van der Waals surface area (Å²) >= 11 is 0. The number of pyridine rings is 2. The summed E-state index contributed by atoms with van der Waals surface area (Å²) in [6, 6.07) is 36.5. The summed E-state index contributed by atoms with van der Waals surface area (Å²) in [5, 5.41) is 0. The zero-order valence-corrected chi connectivity index (χ0v) is 21.2. The Bertz CT molecular complexity index is 1660. The van der Waals surface area contributed by atoms with Gasteiger partial charge in [0.05, 0.1) is 17.1 Å². The number of aryl methyl sites for hydroxylation is 2. The minimum absolute atomic E-state index is 0.634. The Labute approximate surface area is 222 Å². The molecule has 0 saturated carbocycles. The summed E-state index contributed by atoms with van der Waals surface area (Å²) in [6.07, 6.45) is 1.78. The molecule has 6 aromatic rings. The molecule has 0 spiro atoms. The summed E-state index contributed by atoms with van der Waals surface area (Å²) in [5.41, 5.74) is 8.76. The molecule has 0 N–H and O–H groups in total. The maximum Gasteiger partial charge on any atom is 0.164 e. The van der Waals surface area contributed by atoms with E-state index in [4.69, 9.17) is 19.9 Å². The third kappa shape index (κ3) is 4.95. The summed E-state index contributed by atoms with van der Waals surface area (Å²) < 4.78 is 0. The molecule has 6 rings (SSSR count). The highest BCUT2D eigenvalue weighted by molar-refractivity contribution is 5.70. The van der Waals surface area contributed by atoms with Crippen molar-refractivity contribution in [3.8, 4) is 56.8 Å². The van der Waals surface area contributed by atoms with E-state index >= 15 is 0 Å². The SMILES string of the molecule is Cc1cccc(-c2nc(-c3ccc(-c4cccc(-c5ccccn5)n4)cc3)nc(-c3cccc(C)c3)n2)c1. The van der Waals surface area contributed by atoms with Crippen molar-refractivity contribution >= 4 is 0 Å². The molecule has 0 unspecified atom stereocenters. The van der Waals surface area contributed by atoms with Crippen LogP contribution in [0.4, 0.5) is 0 Å². The Morgan fingerprint density at radius 2 is 0.921 bits per heavy atom. The van der Waals surface area contributed by atoms with Crippen LogP contribution in [0.25, 0.3) is 56.8 Å². The smallest absolute Gasteiger partial charge is 0.164 e. The number of hydrogen-bond acceptors (Lipinski definition) is 5. The molecule has 38 heavy (non-hydrogen) atoms. The zero-order valence-electron chi connectivity index (χ0n) is 21.2. The lowest BCUT2D eigenvalue weighted by atomic mass is 10.1. The Kier molecular flexibility index (Phi) is 6.24. The van der Waals surface area contributed by atoms with E-state index in [2.05, 4.69) is 55.2 Å². The Balaban J connectivity index is 1.40. The third-order valence-electron chi connectivity index (χ3n) is 6.30. The lowest BCUT2D eigenvalue weighted by Crippen LogP contribution is -2.00. The fourth-order valence-corrected chi connectivity index (χ4v) is 4.37. The first-order valence-electron chi connectivity index (χ1n) is 12.5. The van der Waals surface area contributed by atoms with Crippen molar-refractivity contribution in [2.24, 2.45) is 0 Å². The monoisotopic (exact) mass is 491 g/mol. The zero-order chi connectivity index (χ0) is 25.9. The predicted molar refractivity (Wildman–Crippen MR) is 152 cm³/mol. The fraction of sp³-hybridized carbons (Fsp3) is 0.0606. The van der Waals surface area contributed by atoms with Crippen molar-refractivity contribution in [1.29, 1.82) is 0 Å². The second-order valence-corrected chi connectivity index (χ2v) is 9.25. The predicted octanol–water partition coefficient (Wildman–Crippen LogP) is 7.61. The first-order chi connectivity index (χ1) is 18.6. The fourth-order valence-electron chi connectivity index (χ4n) is 4.37. The molecule has 5 heteroatoms. The van der Waals surface area contributed by atoms with Crippen LogP contribution in [0.5, 0.6) is 0 Å². The molecule has 0 saturated heterocycles. The van der Waals surface area contributed by atoms with Gasteiger partial charge in [-0.2, -0.15) is 0 Å². The van der Waals surface area contributed by atoms with E-state index in [-0.39, 0.29) is 0 Å². The first-order valence-corrected chi connectivity index (χ1v) is 12.5. The van der Waals surface area contributed by atoms with Crippen molar-refractivity contribution in [2.75, 3.05) is 0 Å². The van der Waals surface area contributed by atoms with Gasteiger partial charge in [-0.1, -0.05) is 83.9 Å². The van der Waals surface area contributed by atoms with E-state index < -0.39 is 0 Å². The lowest BCUT2D eigenvalue weighted by Gasteiger charge is -2.10. The van der Waals surface area contributed by atoms with E-state index in [0.29, 0.717) is 17.5 Å². The Morgan fingerprint density at radius 1 is 0.395 bits per heavy atom. The molecule has 3 aromatic heterocycles. The molecule has 0 bridgehead atoms. The van der Waals surface area contributed by atoms with Crippen molar-refractivity contribution in [3.05, 3.63) is 127 Å². The van der Waals surface area contributed by atoms with Crippen LogP contribution < -0.4 is 0 Å². The molecule has 0 aliphatic rings. The van der Waals surface area contributed by atoms with Crippen LogP contribution in [0.3, 0.4) is 0 Å². The maximum atomic E-state index is 4.87.